The van der Waals surface area contributed by atoms with Gasteiger partial charge in [0, 0.05) is 13.2 Å². The van der Waals surface area contributed by atoms with Crippen LogP contribution in [0.4, 0.5) is 0 Å². The lowest BCUT2D eigenvalue weighted by atomic mass is 9.88. The Hall–Kier alpha value is -1.26. The van der Waals surface area contributed by atoms with Gasteiger partial charge in [-0.05, 0) is 49.6 Å². The van der Waals surface area contributed by atoms with Gasteiger partial charge in [0.2, 0.25) is 0 Å². The van der Waals surface area contributed by atoms with Crippen LogP contribution >= 0.6 is 0 Å². The first-order chi connectivity index (χ1) is 9.74. The van der Waals surface area contributed by atoms with Crippen LogP contribution in [0, 0.1) is 0 Å². The molecule has 2 atom stereocenters. The molecule has 0 bridgehead atoms. The zero-order valence-electron chi connectivity index (χ0n) is 12.5. The Kier molecular flexibility index (Phi) is 3.85. The van der Waals surface area contributed by atoms with Crippen LogP contribution in [-0.4, -0.2) is 45.4 Å². The largest absolute Gasteiger partial charge is 0.493 e. The van der Waals surface area contributed by atoms with E-state index in [2.05, 4.69) is 24.1 Å². The number of methoxy groups -OCH3 is 2. The summed E-state index contributed by atoms with van der Waals surface area (Å²) >= 11 is 0. The maximum Gasteiger partial charge on any atom is 0.161 e. The van der Waals surface area contributed by atoms with Crippen molar-refractivity contribution >= 4 is 0 Å². The van der Waals surface area contributed by atoms with E-state index < -0.39 is 0 Å². The average Bonchev–Trinajstić information content (AvgIpc) is 2.99. The molecule has 1 aromatic rings. The van der Waals surface area contributed by atoms with Crippen LogP contribution in [-0.2, 0) is 11.2 Å². The second-order valence-electron chi connectivity index (χ2n) is 5.63. The molecule has 3 rings (SSSR count). The molecule has 1 unspecified atom stereocenters. The Labute approximate surface area is 120 Å². The SMILES string of the molecule is COc1cc2c(cc1OC)[C@@H](C1CCCO1)N(C)CC2. The quantitative estimate of drug-likeness (QED) is 0.849. The highest BCUT2D eigenvalue weighted by Gasteiger charge is 2.35. The molecule has 4 nitrogen and oxygen atoms in total. The van der Waals surface area contributed by atoms with Crippen LogP contribution in [0.15, 0.2) is 12.1 Å². The van der Waals surface area contributed by atoms with Crippen LogP contribution in [0.2, 0.25) is 0 Å². The van der Waals surface area contributed by atoms with E-state index in [9.17, 15) is 0 Å². The molecule has 0 aromatic heterocycles. The van der Waals surface area contributed by atoms with Crippen molar-refractivity contribution in [1.29, 1.82) is 0 Å². The Bertz CT molecular complexity index is 483. The lowest BCUT2D eigenvalue weighted by Gasteiger charge is -2.38. The van der Waals surface area contributed by atoms with Crippen molar-refractivity contribution in [3.63, 3.8) is 0 Å². The summed E-state index contributed by atoms with van der Waals surface area (Å²) in [7, 11) is 5.57. The minimum atomic E-state index is 0.303. The number of likely N-dealkylation sites (N-methyl/N-ethyl adjacent to an activating group) is 1. The normalized spacial score (nSPS) is 26.4. The Morgan fingerprint density at radius 1 is 1.20 bits per heavy atom. The summed E-state index contributed by atoms with van der Waals surface area (Å²) in [5, 5.41) is 0. The van der Waals surface area contributed by atoms with E-state index in [1.165, 1.54) is 11.1 Å². The van der Waals surface area contributed by atoms with Crippen molar-refractivity contribution in [3.05, 3.63) is 23.3 Å². The van der Waals surface area contributed by atoms with Crippen molar-refractivity contribution in [1.82, 2.24) is 4.90 Å². The van der Waals surface area contributed by atoms with E-state index in [-0.39, 0.29) is 0 Å². The molecule has 2 aliphatic heterocycles. The Morgan fingerprint density at radius 3 is 2.60 bits per heavy atom. The molecule has 0 saturated carbocycles. The molecule has 2 heterocycles. The first kappa shape index (κ1) is 13.7. The second kappa shape index (κ2) is 5.62. The number of hydrogen-bond donors (Lipinski definition) is 0. The summed E-state index contributed by atoms with van der Waals surface area (Å²) in [5.74, 6) is 1.63. The van der Waals surface area contributed by atoms with Crippen molar-refractivity contribution in [2.75, 3.05) is 34.4 Å². The van der Waals surface area contributed by atoms with Crippen LogP contribution < -0.4 is 9.47 Å². The molecule has 0 spiro atoms. The van der Waals surface area contributed by atoms with E-state index in [0.29, 0.717) is 12.1 Å². The minimum absolute atomic E-state index is 0.303. The van der Waals surface area contributed by atoms with Gasteiger partial charge in [0.25, 0.3) is 0 Å². The van der Waals surface area contributed by atoms with Gasteiger partial charge in [-0.1, -0.05) is 0 Å². The van der Waals surface area contributed by atoms with Gasteiger partial charge in [0.05, 0.1) is 26.4 Å². The predicted octanol–water partition coefficient (Wildman–Crippen LogP) is 2.41. The highest BCUT2D eigenvalue weighted by molar-refractivity contribution is 5.49. The average molecular weight is 277 g/mol. The van der Waals surface area contributed by atoms with Gasteiger partial charge in [-0.25, -0.2) is 0 Å². The summed E-state index contributed by atoms with van der Waals surface area (Å²) in [5.41, 5.74) is 2.70. The summed E-state index contributed by atoms with van der Waals surface area (Å²) in [4.78, 5) is 2.41. The molecule has 0 radical (unpaired) electrons. The number of fused-ring (bicyclic) bond motifs is 1. The lowest BCUT2D eigenvalue weighted by molar-refractivity contribution is 0.0286. The summed E-state index contributed by atoms with van der Waals surface area (Å²) in [6.45, 7) is 1.95. The summed E-state index contributed by atoms with van der Waals surface area (Å²) in [6, 6.07) is 4.60. The van der Waals surface area contributed by atoms with E-state index >= 15 is 0 Å². The topological polar surface area (TPSA) is 30.9 Å². The van der Waals surface area contributed by atoms with Gasteiger partial charge < -0.3 is 14.2 Å². The smallest absolute Gasteiger partial charge is 0.161 e. The minimum Gasteiger partial charge on any atom is -0.493 e. The third kappa shape index (κ3) is 2.27. The molecule has 20 heavy (non-hydrogen) atoms. The highest BCUT2D eigenvalue weighted by atomic mass is 16.5. The maximum atomic E-state index is 5.94. The van der Waals surface area contributed by atoms with Gasteiger partial charge in [0.15, 0.2) is 11.5 Å². The van der Waals surface area contributed by atoms with Crippen molar-refractivity contribution in [3.8, 4) is 11.5 Å². The van der Waals surface area contributed by atoms with Crippen LogP contribution in [0.1, 0.15) is 30.0 Å². The van der Waals surface area contributed by atoms with Gasteiger partial charge in [-0.3, -0.25) is 4.90 Å². The highest BCUT2D eigenvalue weighted by Crippen LogP contribution is 2.41. The zero-order chi connectivity index (χ0) is 14.1. The van der Waals surface area contributed by atoms with Gasteiger partial charge in [-0.15, -0.1) is 0 Å². The molecule has 4 heteroatoms. The molecule has 0 amide bonds. The fraction of sp³-hybridized carbons (Fsp3) is 0.625. The number of rotatable bonds is 3. The summed E-state index contributed by atoms with van der Waals surface area (Å²) in [6.07, 6.45) is 3.66. The van der Waals surface area contributed by atoms with Gasteiger partial charge >= 0.3 is 0 Å². The monoisotopic (exact) mass is 277 g/mol. The standard InChI is InChI=1S/C16H23NO3/c1-17-7-6-11-9-14(18-2)15(19-3)10-12(11)16(17)13-5-4-8-20-13/h9-10,13,16H,4-8H2,1-3H3/t13?,16-/m0/s1. The van der Waals surface area contributed by atoms with Gasteiger partial charge in [0.1, 0.15) is 0 Å². The van der Waals surface area contributed by atoms with Crippen LogP contribution in [0.25, 0.3) is 0 Å². The third-order valence-electron chi connectivity index (χ3n) is 4.49. The molecular weight excluding hydrogens is 254 g/mol. The first-order valence-corrected chi connectivity index (χ1v) is 7.31. The fourth-order valence-corrected chi connectivity index (χ4v) is 3.44. The van der Waals surface area contributed by atoms with E-state index in [0.717, 1.165) is 43.9 Å². The van der Waals surface area contributed by atoms with E-state index in [4.69, 9.17) is 14.2 Å². The Balaban J connectivity index is 2.02. The fourth-order valence-electron chi connectivity index (χ4n) is 3.44. The molecule has 1 aromatic carbocycles. The zero-order valence-corrected chi connectivity index (χ0v) is 12.5. The van der Waals surface area contributed by atoms with Crippen LogP contribution in [0.5, 0.6) is 11.5 Å². The van der Waals surface area contributed by atoms with Crippen molar-refractivity contribution < 1.29 is 14.2 Å². The van der Waals surface area contributed by atoms with Gasteiger partial charge in [-0.2, -0.15) is 0 Å². The first-order valence-electron chi connectivity index (χ1n) is 7.31. The Morgan fingerprint density at radius 2 is 1.95 bits per heavy atom. The molecule has 2 aliphatic rings. The molecule has 0 aliphatic carbocycles. The maximum absolute atomic E-state index is 5.94. The van der Waals surface area contributed by atoms with Crippen molar-refractivity contribution in [2.45, 2.75) is 31.4 Å². The van der Waals surface area contributed by atoms with E-state index in [1.54, 1.807) is 14.2 Å². The molecular formula is C16H23NO3. The molecule has 110 valence electrons. The predicted molar refractivity (Wildman–Crippen MR) is 77.6 cm³/mol. The van der Waals surface area contributed by atoms with Crippen LogP contribution in [0.3, 0.4) is 0 Å². The molecule has 1 fully saturated rings. The third-order valence-corrected chi connectivity index (χ3v) is 4.49. The number of hydrogen-bond acceptors (Lipinski definition) is 4. The molecule has 0 N–H and O–H groups in total. The van der Waals surface area contributed by atoms with Crippen molar-refractivity contribution in [2.24, 2.45) is 0 Å². The van der Waals surface area contributed by atoms with E-state index in [1.807, 2.05) is 0 Å². The number of nitrogens with zero attached hydrogens (tertiary/aromatic N) is 1. The summed E-state index contributed by atoms with van der Waals surface area (Å²) < 4.78 is 16.8. The number of benzene rings is 1. The number of ether oxygens (including phenoxy) is 3. The molecule has 1 saturated heterocycles. The second-order valence-corrected chi connectivity index (χ2v) is 5.63. The lowest BCUT2D eigenvalue weighted by Crippen LogP contribution is -2.39.